The minimum Gasteiger partial charge on any atom is -0.360 e. The molecule has 1 aromatic carbocycles. The zero-order chi connectivity index (χ0) is 20.2. The van der Waals surface area contributed by atoms with Gasteiger partial charge in [0.25, 0.3) is 0 Å². The third kappa shape index (κ3) is 5.21. The van der Waals surface area contributed by atoms with Crippen LogP contribution in [0.25, 0.3) is 0 Å². The second-order valence-corrected chi connectivity index (χ2v) is 8.07. The minimum atomic E-state index is -4.41. The first-order valence-corrected chi connectivity index (χ1v) is 9.74. The summed E-state index contributed by atoms with van der Waals surface area (Å²) in [6.07, 6.45) is -0.809. The summed E-state index contributed by atoms with van der Waals surface area (Å²) in [6, 6.07) is 1.87. The quantitative estimate of drug-likeness (QED) is 0.688. The molecule has 0 spiro atoms. The maximum Gasteiger partial charge on any atom is 0.309 e. The fraction of sp³-hybridized carbons (Fsp3) is 0.500. The van der Waals surface area contributed by atoms with Crippen molar-refractivity contribution in [1.82, 2.24) is 14.9 Å². The smallest absolute Gasteiger partial charge is 0.309 e. The maximum atomic E-state index is 14.0. The first-order valence-electron chi connectivity index (χ1n) is 8.30. The summed E-state index contributed by atoms with van der Waals surface area (Å²) in [5.41, 5.74) is 0. The Hall–Kier alpha value is -2.11. The predicted octanol–water partition coefficient (Wildman–Crippen LogP) is 0.343. The number of carbonyl (C=O) groups is 2. The molecule has 1 atom stereocenters. The van der Waals surface area contributed by atoms with Crippen LogP contribution in [0.2, 0.25) is 0 Å². The van der Waals surface area contributed by atoms with Gasteiger partial charge < -0.3 is 15.4 Å². The number of sulfonamides is 1. The summed E-state index contributed by atoms with van der Waals surface area (Å²) >= 11 is 0. The minimum absolute atomic E-state index is 0.00296. The molecule has 0 radical (unpaired) electrons. The van der Waals surface area contributed by atoms with Crippen LogP contribution in [0, 0.1) is 11.6 Å². The molecule has 150 valence electrons. The summed E-state index contributed by atoms with van der Waals surface area (Å²) in [7, 11) is -4.41. The summed E-state index contributed by atoms with van der Waals surface area (Å²) in [6.45, 7) is 3.25. The van der Waals surface area contributed by atoms with Gasteiger partial charge in [0, 0.05) is 12.6 Å². The lowest BCUT2D eigenvalue weighted by atomic mass is 10.3. The van der Waals surface area contributed by atoms with Gasteiger partial charge in [0.2, 0.25) is 10.0 Å². The molecule has 0 bridgehead atoms. The number of nitrogens with zero attached hydrogens (tertiary/aromatic N) is 1. The number of halogens is 2. The number of hydrogen-bond donors (Lipinski definition) is 2. The van der Waals surface area contributed by atoms with Gasteiger partial charge in [-0.3, -0.25) is 9.59 Å². The van der Waals surface area contributed by atoms with Gasteiger partial charge in [-0.2, -0.15) is 4.31 Å². The lowest BCUT2D eigenvalue weighted by Gasteiger charge is -2.34. The van der Waals surface area contributed by atoms with Gasteiger partial charge in [-0.05, 0) is 38.5 Å². The monoisotopic (exact) mass is 405 g/mol. The molecular formula is C16H21F2N3O5S. The van der Waals surface area contributed by atoms with E-state index in [0.29, 0.717) is 12.5 Å². The van der Waals surface area contributed by atoms with E-state index in [4.69, 9.17) is 4.74 Å². The molecule has 1 fully saturated rings. The fourth-order valence-corrected chi connectivity index (χ4v) is 4.13. The van der Waals surface area contributed by atoms with Crippen LogP contribution in [0.1, 0.15) is 20.3 Å². The van der Waals surface area contributed by atoms with Crippen molar-refractivity contribution in [3.05, 3.63) is 29.8 Å². The second kappa shape index (κ2) is 8.72. The standard InChI is InChI=1S/C16H21F2N3O5S/c1-10(2)20-16(23)15(22)19-9-14-21(6-3-7-26-14)27(24,25)13-8-11(17)4-5-12(13)18/h4-5,8,10,14H,3,6-7,9H2,1-2H3,(H,19,22)(H,20,23). The molecule has 1 saturated heterocycles. The van der Waals surface area contributed by atoms with Crippen molar-refractivity contribution in [2.75, 3.05) is 19.7 Å². The second-order valence-electron chi connectivity index (χ2n) is 6.21. The predicted molar refractivity (Wildman–Crippen MR) is 90.9 cm³/mol. The SMILES string of the molecule is CC(C)NC(=O)C(=O)NCC1OCCCN1S(=O)(=O)c1cc(F)ccc1F. The third-order valence-electron chi connectivity index (χ3n) is 3.70. The van der Waals surface area contributed by atoms with Gasteiger partial charge in [0.05, 0.1) is 13.2 Å². The molecule has 2 N–H and O–H groups in total. The normalized spacial score (nSPS) is 18.3. The molecule has 0 saturated carbocycles. The van der Waals surface area contributed by atoms with E-state index in [9.17, 15) is 26.8 Å². The maximum absolute atomic E-state index is 14.0. The average molecular weight is 405 g/mol. The van der Waals surface area contributed by atoms with Crippen LogP contribution in [-0.2, 0) is 24.3 Å². The zero-order valence-electron chi connectivity index (χ0n) is 14.9. The molecule has 11 heteroatoms. The van der Waals surface area contributed by atoms with Crippen LogP contribution >= 0.6 is 0 Å². The van der Waals surface area contributed by atoms with Gasteiger partial charge in [0.1, 0.15) is 22.8 Å². The van der Waals surface area contributed by atoms with Crippen LogP contribution in [0.5, 0.6) is 0 Å². The summed E-state index contributed by atoms with van der Waals surface area (Å²) in [5.74, 6) is -3.82. The topological polar surface area (TPSA) is 105 Å². The molecular weight excluding hydrogens is 384 g/mol. The van der Waals surface area contributed by atoms with Crippen molar-refractivity contribution >= 4 is 21.8 Å². The molecule has 2 amide bonds. The highest BCUT2D eigenvalue weighted by Crippen LogP contribution is 2.24. The lowest BCUT2D eigenvalue weighted by Crippen LogP contribution is -2.53. The fourth-order valence-electron chi connectivity index (χ4n) is 2.49. The molecule has 0 aliphatic carbocycles. The van der Waals surface area contributed by atoms with Crippen molar-refractivity contribution in [1.29, 1.82) is 0 Å². The van der Waals surface area contributed by atoms with E-state index in [1.165, 1.54) is 0 Å². The molecule has 2 rings (SSSR count). The highest BCUT2D eigenvalue weighted by molar-refractivity contribution is 7.89. The van der Waals surface area contributed by atoms with Crippen LogP contribution in [0.3, 0.4) is 0 Å². The van der Waals surface area contributed by atoms with E-state index in [1.54, 1.807) is 13.8 Å². The Bertz CT molecular complexity index is 816. The van der Waals surface area contributed by atoms with Crippen molar-refractivity contribution in [3.63, 3.8) is 0 Å². The highest BCUT2D eigenvalue weighted by atomic mass is 32.2. The van der Waals surface area contributed by atoms with E-state index < -0.39 is 44.6 Å². The summed E-state index contributed by atoms with van der Waals surface area (Å²) < 4.78 is 59.0. The Kier molecular flexibility index (Phi) is 6.84. The van der Waals surface area contributed by atoms with E-state index in [1.807, 2.05) is 0 Å². The molecule has 1 aliphatic heterocycles. The number of carbonyl (C=O) groups excluding carboxylic acids is 2. The van der Waals surface area contributed by atoms with Gasteiger partial charge in [-0.1, -0.05) is 0 Å². The number of amides is 2. The van der Waals surface area contributed by atoms with Gasteiger partial charge in [0.15, 0.2) is 0 Å². The first-order chi connectivity index (χ1) is 12.6. The average Bonchev–Trinajstić information content (AvgIpc) is 2.61. The number of nitrogens with one attached hydrogen (secondary N) is 2. The molecule has 1 unspecified atom stereocenters. The highest BCUT2D eigenvalue weighted by Gasteiger charge is 2.36. The molecule has 1 heterocycles. The third-order valence-corrected chi connectivity index (χ3v) is 5.60. The number of benzene rings is 1. The number of rotatable bonds is 5. The van der Waals surface area contributed by atoms with E-state index in [-0.39, 0.29) is 25.7 Å². The summed E-state index contributed by atoms with van der Waals surface area (Å²) in [5, 5.41) is 4.68. The van der Waals surface area contributed by atoms with Crippen LogP contribution < -0.4 is 10.6 Å². The van der Waals surface area contributed by atoms with Crippen LogP contribution in [0.15, 0.2) is 23.1 Å². The molecule has 0 aromatic heterocycles. The molecule has 1 aliphatic rings. The molecule has 1 aromatic rings. The number of hydrogen-bond acceptors (Lipinski definition) is 5. The molecule has 27 heavy (non-hydrogen) atoms. The van der Waals surface area contributed by atoms with Crippen molar-refractivity contribution in [2.24, 2.45) is 0 Å². The van der Waals surface area contributed by atoms with E-state index >= 15 is 0 Å². The van der Waals surface area contributed by atoms with Gasteiger partial charge >= 0.3 is 11.8 Å². The van der Waals surface area contributed by atoms with E-state index in [0.717, 1.165) is 16.4 Å². The van der Waals surface area contributed by atoms with Gasteiger partial charge in [-0.15, -0.1) is 0 Å². The Morgan fingerprint density at radius 3 is 2.67 bits per heavy atom. The largest absolute Gasteiger partial charge is 0.360 e. The van der Waals surface area contributed by atoms with Crippen LogP contribution in [0.4, 0.5) is 8.78 Å². The number of ether oxygens (including phenoxy) is 1. The molecule has 8 nitrogen and oxygen atoms in total. The lowest BCUT2D eigenvalue weighted by molar-refractivity contribution is -0.140. The Morgan fingerprint density at radius 2 is 2.00 bits per heavy atom. The summed E-state index contributed by atoms with van der Waals surface area (Å²) in [4.78, 5) is 22.6. The van der Waals surface area contributed by atoms with Crippen LogP contribution in [-0.4, -0.2) is 56.5 Å². The van der Waals surface area contributed by atoms with Crippen molar-refractivity contribution in [3.8, 4) is 0 Å². The first kappa shape index (κ1) is 21.2. The Balaban J connectivity index is 2.16. The van der Waals surface area contributed by atoms with Crippen molar-refractivity contribution in [2.45, 2.75) is 37.4 Å². The Morgan fingerprint density at radius 1 is 1.30 bits per heavy atom. The Labute approximate surface area is 155 Å². The zero-order valence-corrected chi connectivity index (χ0v) is 15.7. The van der Waals surface area contributed by atoms with Crippen molar-refractivity contribution < 1.29 is 31.5 Å². The van der Waals surface area contributed by atoms with Gasteiger partial charge in [-0.25, -0.2) is 17.2 Å². The van der Waals surface area contributed by atoms with E-state index in [2.05, 4.69) is 10.6 Å².